The average molecular weight is 343 g/mol. The van der Waals surface area contributed by atoms with Gasteiger partial charge in [0.25, 0.3) is 0 Å². The van der Waals surface area contributed by atoms with Crippen molar-refractivity contribution in [2.45, 2.75) is 64.3 Å². The second-order valence-corrected chi connectivity index (χ2v) is 8.35. The van der Waals surface area contributed by atoms with E-state index in [-0.39, 0.29) is 17.6 Å². The van der Waals surface area contributed by atoms with Crippen molar-refractivity contribution in [1.82, 2.24) is 25.5 Å². The first-order valence-electron chi connectivity index (χ1n) is 8.16. The van der Waals surface area contributed by atoms with Gasteiger partial charge in [0.1, 0.15) is 11.5 Å². The number of aromatic nitrogens is 4. The van der Waals surface area contributed by atoms with Gasteiger partial charge in [0, 0.05) is 12.6 Å². The third kappa shape index (κ3) is 5.26. The summed E-state index contributed by atoms with van der Waals surface area (Å²) in [5.74, 6) is -0.584. The second kappa shape index (κ2) is 7.85. The molecule has 2 rings (SSSR count). The van der Waals surface area contributed by atoms with E-state index in [1.54, 1.807) is 0 Å². The van der Waals surface area contributed by atoms with Crippen molar-refractivity contribution < 1.29 is 13.2 Å². The Labute approximate surface area is 136 Å². The van der Waals surface area contributed by atoms with E-state index in [4.69, 9.17) is 0 Å². The van der Waals surface area contributed by atoms with Crippen molar-refractivity contribution in [3.63, 3.8) is 0 Å². The highest BCUT2D eigenvalue weighted by Crippen LogP contribution is 2.23. The van der Waals surface area contributed by atoms with Gasteiger partial charge in [0.05, 0.1) is 0 Å². The van der Waals surface area contributed by atoms with Crippen LogP contribution >= 0.6 is 0 Å². The van der Waals surface area contributed by atoms with Crippen LogP contribution in [0.5, 0.6) is 0 Å². The van der Waals surface area contributed by atoms with Crippen LogP contribution in [0.1, 0.15) is 51.8 Å². The van der Waals surface area contributed by atoms with Crippen LogP contribution in [0.25, 0.3) is 0 Å². The molecule has 0 aliphatic heterocycles. The lowest BCUT2D eigenvalue weighted by Gasteiger charge is -2.29. The molecule has 0 bridgehead atoms. The third-order valence-corrected chi connectivity index (χ3v) is 5.60. The molecule has 0 radical (unpaired) electrons. The van der Waals surface area contributed by atoms with E-state index < -0.39 is 21.5 Å². The Morgan fingerprint density at radius 2 is 2.09 bits per heavy atom. The maximum atomic E-state index is 12.2. The van der Waals surface area contributed by atoms with E-state index in [1.807, 2.05) is 6.92 Å². The monoisotopic (exact) mass is 343 g/mol. The smallest absolute Gasteiger partial charge is 0.235 e. The highest BCUT2D eigenvalue weighted by atomic mass is 32.2. The molecule has 1 fully saturated rings. The third-order valence-electron chi connectivity index (χ3n) is 4.20. The molecule has 1 aromatic heterocycles. The van der Waals surface area contributed by atoms with Crippen LogP contribution in [0.3, 0.4) is 0 Å². The summed E-state index contributed by atoms with van der Waals surface area (Å²) in [6.45, 7) is 4.61. The summed E-state index contributed by atoms with van der Waals surface area (Å²) in [6, 6.07) is 0.0804. The molecule has 0 spiro atoms. The Balaban J connectivity index is 1.92. The minimum Gasteiger partial charge on any atom is -0.352 e. The zero-order chi connectivity index (χ0) is 16.9. The quantitative estimate of drug-likeness (QED) is 0.781. The number of carbonyl (C=O) groups excluding carboxylic acids is 1. The largest absolute Gasteiger partial charge is 0.352 e. The first-order valence-corrected chi connectivity index (χ1v) is 9.98. The van der Waals surface area contributed by atoms with Crippen molar-refractivity contribution in [1.29, 1.82) is 0 Å². The molecule has 0 saturated heterocycles. The highest BCUT2D eigenvalue weighted by molar-refractivity contribution is 7.91. The molecule has 1 N–H and O–H groups in total. The lowest BCUT2D eigenvalue weighted by molar-refractivity contribution is -0.119. The summed E-state index contributed by atoms with van der Waals surface area (Å²) in [7, 11) is -3.59. The molecular weight excluding hydrogens is 318 g/mol. The Hall–Kier alpha value is -1.51. The van der Waals surface area contributed by atoms with Crippen LogP contribution in [-0.4, -0.2) is 46.3 Å². The number of amides is 1. The molecule has 1 aliphatic rings. The fraction of sp³-hybridized carbons (Fsp3) is 0.857. The standard InChI is InChI=1S/C14H25N5O3S/c1-3-8-19-13(16-17-18-19)9-23(21,22)10-14(20)15-12-7-5-4-6-11(12)2/h11-12H,3-10H2,1-2H3,(H,15,20)/t11-,12-/m1/s1. The Kier molecular flexibility index (Phi) is 6.09. The van der Waals surface area contributed by atoms with Crippen LogP contribution in [-0.2, 0) is 26.9 Å². The average Bonchev–Trinajstić information content (AvgIpc) is 2.87. The SMILES string of the molecule is CCCn1nnnc1CS(=O)(=O)CC(=O)N[C@@H]1CCCC[C@H]1C. The number of hydrogen-bond acceptors (Lipinski definition) is 6. The number of hydrogen-bond donors (Lipinski definition) is 1. The van der Waals surface area contributed by atoms with E-state index in [0.717, 1.165) is 25.7 Å². The number of tetrazole rings is 1. The molecule has 1 amide bonds. The first-order chi connectivity index (χ1) is 10.9. The molecule has 1 heterocycles. The number of carbonyl (C=O) groups is 1. The van der Waals surface area contributed by atoms with Gasteiger partial charge in [0.2, 0.25) is 5.91 Å². The van der Waals surface area contributed by atoms with E-state index >= 15 is 0 Å². The van der Waals surface area contributed by atoms with Gasteiger partial charge in [-0.05, 0) is 35.6 Å². The van der Waals surface area contributed by atoms with Crippen molar-refractivity contribution in [2.24, 2.45) is 5.92 Å². The van der Waals surface area contributed by atoms with Crippen molar-refractivity contribution in [3.05, 3.63) is 5.82 Å². The lowest BCUT2D eigenvalue weighted by atomic mass is 9.86. The van der Waals surface area contributed by atoms with Crippen LogP contribution < -0.4 is 5.32 Å². The number of nitrogens with zero attached hydrogens (tertiary/aromatic N) is 4. The van der Waals surface area contributed by atoms with Gasteiger partial charge in [-0.1, -0.05) is 26.7 Å². The predicted octanol–water partition coefficient (Wildman–Crippen LogP) is 0.693. The van der Waals surface area contributed by atoms with Crippen LogP contribution in [0.15, 0.2) is 0 Å². The van der Waals surface area contributed by atoms with E-state index in [2.05, 4.69) is 27.8 Å². The summed E-state index contributed by atoms with van der Waals surface area (Å²) < 4.78 is 25.9. The van der Waals surface area contributed by atoms with Crippen LogP contribution in [0.4, 0.5) is 0 Å². The van der Waals surface area contributed by atoms with Crippen molar-refractivity contribution in [2.75, 3.05) is 5.75 Å². The zero-order valence-corrected chi connectivity index (χ0v) is 14.5. The Morgan fingerprint density at radius 3 is 2.78 bits per heavy atom. The number of aryl methyl sites for hydroxylation is 1. The van der Waals surface area contributed by atoms with E-state index in [1.165, 1.54) is 11.1 Å². The van der Waals surface area contributed by atoms with Gasteiger partial charge < -0.3 is 5.32 Å². The minimum atomic E-state index is -3.59. The minimum absolute atomic E-state index is 0.0804. The van der Waals surface area contributed by atoms with Crippen LogP contribution in [0, 0.1) is 5.92 Å². The number of rotatable bonds is 7. The number of nitrogens with one attached hydrogen (secondary N) is 1. The molecule has 2 atom stereocenters. The van der Waals surface area contributed by atoms with Gasteiger partial charge in [-0.3, -0.25) is 4.79 Å². The van der Waals surface area contributed by atoms with Gasteiger partial charge in [-0.2, -0.15) is 0 Å². The molecule has 0 aromatic carbocycles. The maximum Gasteiger partial charge on any atom is 0.235 e. The second-order valence-electron chi connectivity index (χ2n) is 6.29. The van der Waals surface area contributed by atoms with E-state index in [9.17, 15) is 13.2 Å². The van der Waals surface area contributed by atoms with Gasteiger partial charge in [-0.15, -0.1) is 5.10 Å². The molecule has 9 heteroatoms. The summed E-state index contributed by atoms with van der Waals surface area (Å²) in [5, 5.41) is 13.9. The van der Waals surface area contributed by atoms with Gasteiger partial charge >= 0.3 is 0 Å². The Bertz CT molecular complexity index is 628. The fourth-order valence-electron chi connectivity index (χ4n) is 2.94. The summed E-state index contributed by atoms with van der Waals surface area (Å²) >= 11 is 0. The predicted molar refractivity (Wildman–Crippen MR) is 85.2 cm³/mol. The molecule has 130 valence electrons. The highest BCUT2D eigenvalue weighted by Gasteiger charge is 2.26. The molecule has 1 saturated carbocycles. The van der Waals surface area contributed by atoms with Gasteiger partial charge in [0.15, 0.2) is 15.7 Å². The van der Waals surface area contributed by atoms with E-state index in [0.29, 0.717) is 12.5 Å². The number of sulfone groups is 1. The maximum absolute atomic E-state index is 12.2. The first kappa shape index (κ1) is 17.8. The molecule has 0 unspecified atom stereocenters. The molecule has 1 aliphatic carbocycles. The zero-order valence-electron chi connectivity index (χ0n) is 13.7. The summed E-state index contributed by atoms with van der Waals surface area (Å²) in [5.41, 5.74) is 0. The lowest BCUT2D eigenvalue weighted by Crippen LogP contribution is -2.43. The molecule has 23 heavy (non-hydrogen) atoms. The van der Waals surface area contributed by atoms with Crippen molar-refractivity contribution in [3.8, 4) is 0 Å². The molecular formula is C14H25N5O3S. The van der Waals surface area contributed by atoms with Gasteiger partial charge in [-0.25, -0.2) is 13.1 Å². The van der Waals surface area contributed by atoms with Crippen LogP contribution in [0.2, 0.25) is 0 Å². The van der Waals surface area contributed by atoms with Crippen molar-refractivity contribution >= 4 is 15.7 Å². The normalized spacial score (nSPS) is 22.0. The Morgan fingerprint density at radius 1 is 1.35 bits per heavy atom. The molecule has 8 nitrogen and oxygen atoms in total. The summed E-state index contributed by atoms with van der Waals surface area (Å²) in [6.07, 6.45) is 5.04. The topological polar surface area (TPSA) is 107 Å². The molecule has 1 aromatic rings. The fourth-order valence-corrected chi connectivity index (χ4v) is 4.12. The summed E-state index contributed by atoms with van der Waals surface area (Å²) in [4.78, 5) is 12.1.